The fourth-order valence-electron chi connectivity index (χ4n) is 2.79. The van der Waals surface area contributed by atoms with Gasteiger partial charge in [0.15, 0.2) is 11.5 Å². The second kappa shape index (κ2) is 10.6. The minimum atomic E-state index is -0.507. The molecule has 0 aliphatic rings. The molecule has 0 saturated heterocycles. The summed E-state index contributed by atoms with van der Waals surface area (Å²) in [5, 5.41) is 3.99. The van der Waals surface area contributed by atoms with E-state index in [1.165, 1.54) is 20.4 Å². The lowest BCUT2D eigenvalue weighted by molar-refractivity contribution is 0.0729. The van der Waals surface area contributed by atoms with Gasteiger partial charge in [-0.25, -0.2) is 10.2 Å². The van der Waals surface area contributed by atoms with Crippen LogP contribution in [-0.4, -0.2) is 32.3 Å². The number of hydrogen-bond acceptors (Lipinski definition) is 6. The quantitative estimate of drug-likeness (QED) is 0.220. The van der Waals surface area contributed by atoms with Crippen molar-refractivity contribution in [2.75, 3.05) is 14.2 Å². The molecular weight excluding hydrogens is 476 g/mol. The van der Waals surface area contributed by atoms with Crippen LogP contribution >= 0.6 is 15.9 Å². The highest BCUT2D eigenvalue weighted by Gasteiger charge is 2.14. The zero-order valence-electron chi connectivity index (χ0n) is 17.7. The highest BCUT2D eigenvalue weighted by molar-refractivity contribution is 9.10. The normalized spacial score (nSPS) is 10.6. The Labute approximate surface area is 194 Å². The Kier molecular flexibility index (Phi) is 7.62. The number of hydrogen-bond donors (Lipinski definition) is 1. The molecule has 3 aromatic rings. The van der Waals surface area contributed by atoms with Gasteiger partial charge in [-0.15, -0.1) is 0 Å². The number of carbonyl (C=O) groups is 2. The third kappa shape index (κ3) is 5.73. The topological polar surface area (TPSA) is 86.2 Å². The highest BCUT2D eigenvalue weighted by Crippen LogP contribution is 2.28. The molecule has 1 amide bonds. The van der Waals surface area contributed by atoms with Gasteiger partial charge in [0, 0.05) is 4.47 Å². The fraction of sp³-hybridized carbons (Fsp3) is 0.125. The molecule has 3 rings (SSSR count). The highest BCUT2D eigenvalue weighted by atomic mass is 79.9. The lowest BCUT2D eigenvalue weighted by Crippen LogP contribution is -2.18. The van der Waals surface area contributed by atoms with Gasteiger partial charge in [-0.1, -0.05) is 33.6 Å². The zero-order valence-corrected chi connectivity index (χ0v) is 19.3. The van der Waals surface area contributed by atoms with Crippen LogP contribution in [0.1, 0.15) is 31.8 Å². The van der Waals surface area contributed by atoms with Gasteiger partial charge in [-0.05, 0) is 61.0 Å². The predicted molar refractivity (Wildman–Crippen MR) is 125 cm³/mol. The third-order valence-corrected chi connectivity index (χ3v) is 4.96. The maximum Gasteiger partial charge on any atom is 0.343 e. The number of halogens is 1. The molecule has 1 N–H and O–H groups in total. The van der Waals surface area contributed by atoms with Crippen molar-refractivity contribution < 1.29 is 23.8 Å². The molecule has 7 nitrogen and oxygen atoms in total. The van der Waals surface area contributed by atoms with Crippen molar-refractivity contribution in [2.24, 2.45) is 5.10 Å². The average Bonchev–Trinajstić information content (AvgIpc) is 2.79. The van der Waals surface area contributed by atoms with E-state index in [0.29, 0.717) is 28.2 Å². The van der Waals surface area contributed by atoms with Crippen LogP contribution in [0, 0.1) is 6.92 Å². The van der Waals surface area contributed by atoms with Crippen LogP contribution in [0.5, 0.6) is 17.2 Å². The first kappa shape index (κ1) is 23.0. The van der Waals surface area contributed by atoms with Crippen molar-refractivity contribution in [1.82, 2.24) is 5.43 Å². The van der Waals surface area contributed by atoms with Gasteiger partial charge in [0.05, 0.1) is 31.6 Å². The number of methoxy groups -OCH3 is 2. The molecule has 8 heteroatoms. The Morgan fingerprint density at radius 3 is 2.28 bits per heavy atom. The molecular formula is C24H21BrN2O5. The second-order valence-electron chi connectivity index (χ2n) is 6.71. The molecule has 164 valence electrons. The van der Waals surface area contributed by atoms with E-state index >= 15 is 0 Å². The predicted octanol–water partition coefficient (Wildman–Crippen LogP) is 4.76. The Morgan fingerprint density at radius 1 is 0.906 bits per heavy atom. The van der Waals surface area contributed by atoms with Crippen LogP contribution in [0.25, 0.3) is 0 Å². The van der Waals surface area contributed by atoms with E-state index in [1.807, 2.05) is 19.1 Å². The van der Waals surface area contributed by atoms with Crippen molar-refractivity contribution in [2.45, 2.75) is 6.92 Å². The summed E-state index contributed by atoms with van der Waals surface area (Å²) in [5.74, 6) is 0.120. The van der Waals surface area contributed by atoms with Crippen molar-refractivity contribution in [1.29, 1.82) is 0 Å². The number of ether oxygens (including phenoxy) is 3. The summed E-state index contributed by atoms with van der Waals surface area (Å²) in [7, 11) is 2.97. The summed E-state index contributed by atoms with van der Waals surface area (Å²) in [6.45, 7) is 1.94. The molecule has 0 fully saturated rings. The number of esters is 1. The molecule has 0 radical (unpaired) electrons. The van der Waals surface area contributed by atoms with E-state index in [4.69, 9.17) is 14.2 Å². The van der Waals surface area contributed by atoms with Gasteiger partial charge in [-0.2, -0.15) is 5.10 Å². The van der Waals surface area contributed by atoms with Crippen LogP contribution in [0.3, 0.4) is 0 Å². The molecule has 0 saturated carbocycles. The first-order valence-electron chi connectivity index (χ1n) is 9.55. The minimum Gasteiger partial charge on any atom is -0.496 e. The van der Waals surface area contributed by atoms with E-state index in [1.54, 1.807) is 48.5 Å². The van der Waals surface area contributed by atoms with E-state index < -0.39 is 11.9 Å². The molecule has 0 heterocycles. The van der Waals surface area contributed by atoms with Gasteiger partial charge in [0.1, 0.15) is 5.75 Å². The Bertz CT molecular complexity index is 1160. The van der Waals surface area contributed by atoms with Crippen molar-refractivity contribution >= 4 is 34.0 Å². The summed E-state index contributed by atoms with van der Waals surface area (Å²) >= 11 is 3.33. The molecule has 3 aromatic carbocycles. The van der Waals surface area contributed by atoms with Gasteiger partial charge < -0.3 is 14.2 Å². The lowest BCUT2D eigenvalue weighted by atomic mass is 10.1. The molecule has 0 atom stereocenters. The standard InChI is InChI=1S/C24H21BrN2O5/c1-15-4-7-17(8-5-15)24(29)32-22-12-16(6-10-21(22)31-3)14-26-27-23(28)19-13-18(25)9-11-20(19)30-2/h4-14H,1-3H3,(H,27,28). The van der Waals surface area contributed by atoms with Crippen LogP contribution in [0.15, 0.2) is 70.2 Å². The van der Waals surface area contributed by atoms with Crippen molar-refractivity contribution in [3.63, 3.8) is 0 Å². The summed E-state index contributed by atoms with van der Waals surface area (Å²) in [4.78, 5) is 24.9. The van der Waals surface area contributed by atoms with Gasteiger partial charge in [-0.3, -0.25) is 4.79 Å². The van der Waals surface area contributed by atoms with Crippen molar-refractivity contribution in [3.05, 3.63) is 87.4 Å². The molecule has 0 aliphatic heterocycles. The van der Waals surface area contributed by atoms with E-state index in [2.05, 4.69) is 26.5 Å². The number of nitrogens with zero attached hydrogens (tertiary/aromatic N) is 1. The Morgan fingerprint density at radius 2 is 1.59 bits per heavy atom. The molecule has 0 spiro atoms. The number of nitrogens with one attached hydrogen (secondary N) is 1. The minimum absolute atomic E-state index is 0.238. The number of hydrazone groups is 1. The number of rotatable bonds is 7. The van der Waals surface area contributed by atoms with Crippen LogP contribution < -0.4 is 19.6 Å². The monoisotopic (exact) mass is 496 g/mol. The SMILES string of the molecule is COc1ccc(C=NNC(=O)c2cc(Br)ccc2OC)cc1OC(=O)c1ccc(C)cc1. The third-order valence-electron chi connectivity index (χ3n) is 4.46. The largest absolute Gasteiger partial charge is 0.496 e. The summed E-state index contributed by atoms with van der Waals surface area (Å²) in [5.41, 5.74) is 4.86. The molecule has 32 heavy (non-hydrogen) atoms. The van der Waals surface area contributed by atoms with Crippen LogP contribution in [0.2, 0.25) is 0 Å². The maximum atomic E-state index is 12.5. The average molecular weight is 497 g/mol. The molecule has 0 aliphatic carbocycles. The van der Waals surface area contributed by atoms with E-state index in [-0.39, 0.29) is 5.75 Å². The number of aryl methyl sites for hydroxylation is 1. The second-order valence-corrected chi connectivity index (χ2v) is 7.63. The zero-order chi connectivity index (χ0) is 23.1. The number of benzene rings is 3. The maximum absolute atomic E-state index is 12.5. The number of carbonyl (C=O) groups excluding carboxylic acids is 2. The lowest BCUT2D eigenvalue weighted by Gasteiger charge is -2.10. The smallest absolute Gasteiger partial charge is 0.343 e. The molecule has 0 unspecified atom stereocenters. The van der Waals surface area contributed by atoms with Gasteiger partial charge in [0.25, 0.3) is 5.91 Å². The Hall–Kier alpha value is -3.65. The van der Waals surface area contributed by atoms with Gasteiger partial charge in [0.2, 0.25) is 0 Å². The Balaban J connectivity index is 1.74. The van der Waals surface area contributed by atoms with E-state index in [0.717, 1.165) is 10.0 Å². The van der Waals surface area contributed by atoms with Crippen molar-refractivity contribution in [3.8, 4) is 17.2 Å². The van der Waals surface area contributed by atoms with Crippen LogP contribution in [-0.2, 0) is 0 Å². The first-order chi connectivity index (χ1) is 15.4. The van der Waals surface area contributed by atoms with E-state index in [9.17, 15) is 9.59 Å². The van der Waals surface area contributed by atoms with Crippen LogP contribution in [0.4, 0.5) is 0 Å². The fourth-order valence-corrected chi connectivity index (χ4v) is 3.15. The summed E-state index contributed by atoms with van der Waals surface area (Å²) in [6.07, 6.45) is 1.44. The molecule has 0 aromatic heterocycles. The first-order valence-corrected chi connectivity index (χ1v) is 10.3. The molecule has 0 bridgehead atoms. The summed E-state index contributed by atoms with van der Waals surface area (Å²) in [6, 6.07) is 17.1. The number of amides is 1. The van der Waals surface area contributed by atoms with Gasteiger partial charge >= 0.3 is 5.97 Å². The summed E-state index contributed by atoms with van der Waals surface area (Å²) < 4.78 is 16.7.